The number of piperazine rings is 1. The smallest absolute Gasteiger partial charge is 0.282 e. The van der Waals surface area contributed by atoms with Crippen LogP contribution in [0.5, 0.6) is 0 Å². The summed E-state index contributed by atoms with van der Waals surface area (Å²) in [7, 11) is 0. The summed E-state index contributed by atoms with van der Waals surface area (Å²) in [4.78, 5) is 35.9. The molecule has 3 heterocycles. The van der Waals surface area contributed by atoms with Crippen LogP contribution in [-0.2, 0) is 12.8 Å². The van der Waals surface area contributed by atoms with Crippen LogP contribution < -0.4 is 0 Å². The zero-order valence-corrected chi connectivity index (χ0v) is 17.4. The molecule has 0 bridgehead atoms. The van der Waals surface area contributed by atoms with Crippen LogP contribution >= 0.6 is 11.3 Å². The summed E-state index contributed by atoms with van der Waals surface area (Å²) < 4.78 is 0. The first-order chi connectivity index (χ1) is 14.2. The van der Waals surface area contributed by atoms with Gasteiger partial charge in [-0.3, -0.25) is 14.5 Å². The van der Waals surface area contributed by atoms with E-state index in [1.54, 1.807) is 6.20 Å². The summed E-state index contributed by atoms with van der Waals surface area (Å²) in [5.41, 5.74) is 3.56. The SMILES string of the molecule is O=C(c1nccs1)N1CCN(C2CN(C(=O)c3cccc4c3CCCC4)C2)CC1. The Balaban J connectivity index is 1.15. The van der Waals surface area contributed by atoms with Crippen LogP contribution in [-0.4, -0.2) is 76.8 Å². The summed E-state index contributed by atoms with van der Waals surface area (Å²) in [5.74, 6) is 0.233. The molecule has 7 heteroatoms. The highest BCUT2D eigenvalue weighted by atomic mass is 32.1. The van der Waals surface area contributed by atoms with Crippen molar-refractivity contribution < 1.29 is 9.59 Å². The zero-order chi connectivity index (χ0) is 19.8. The van der Waals surface area contributed by atoms with Gasteiger partial charge in [0.2, 0.25) is 0 Å². The second kappa shape index (κ2) is 7.88. The van der Waals surface area contributed by atoms with E-state index in [0.29, 0.717) is 11.0 Å². The maximum absolute atomic E-state index is 13.0. The van der Waals surface area contributed by atoms with Crippen LogP contribution in [0, 0.1) is 0 Å². The zero-order valence-electron chi connectivity index (χ0n) is 16.5. The molecule has 0 radical (unpaired) electrons. The molecule has 2 amide bonds. The van der Waals surface area contributed by atoms with E-state index in [2.05, 4.69) is 16.0 Å². The minimum atomic E-state index is 0.0407. The number of amides is 2. The van der Waals surface area contributed by atoms with Crippen molar-refractivity contribution in [2.45, 2.75) is 31.7 Å². The molecule has 2 saturated heterocycles. The van der Waals surface area contributed by atoms with Gasteiger partial charge >= 0.3 is 0 Å². The molecule has 6 nitrogen and oxygen atoms in total. The van der Waals surface area contributed by atoms with Crippen molar-refractivity contribution >= 4 is 23.2 Å². The third-order valence-corrected chi connectivity index (χ3v) is 7.27. The Kier molecular flexibility index (Phi) is 5.09. The van der Waals surface area contributed by atoms with Gasteiger partial charge in [0, 0.05) is 62.5 Å². The Labute approximate surface area is 175 Å². The molecule has 0 unspecified atom stereocenters. The van der Waals surface area contributed by atoms with Crippen molar-refractivity contribution in [1.29, 1.82) is 0 Å². The lowest BCUT2D eigenvalue weighted by molar-refractivity contribution is 0.00846. The number of aryl methyl sites for hydroxylation is 1. The number of thiazole rings is 1. The normalized spacial score (nSPS) is 20.3. The molecule has 0 spiro atoms. The Morgan fingerprint density at radius 2 is 1.76 bits per heavy atom. The maximum atomic E-state index is 13.0. The summed E-state index contributed by atoms with van der Waals surface area (Å²) in [5, 5.41) is 2.41. The van der Waals surface area contributed by atoms with Gasteiger partial charge in [0.15, 0.2) is 5.01 Å². The van der Waals surface area contributed by atoms with Gasteiger partial charge in [0.1, 0.15) is 0 Å². The van der Waals surface area contributed by atoms with E-state index in [0.717, 1.165) is 57.7 Å². The van der Waals surface area contributed by atoms with Crippen LogP contribution in [0.2, 0.25) is 0 Å². The number of fused-ring (bicyclic) bond motifs is 1. The van der Waals surface area contributed by atoms with Crippen LogP contribution in [0.15, 0.2) is 29.8 Å². The lowest BCUT2D eigenvalue weighted by Crippen LogP contribution is -2.64. The van der Waals surface area contributed by atoms with Gasteiger partial charge in [-0.05, 0) is 42.9 Å². The Hall–Kier alpha value is -2.25. The number of hydrogen-bond acceptors (Lipinski definition) is 5. The highest BCUT2D eigenvalue weighted by Crippen LogP contribution is 2.27. The van der Waals surface area contributed by atoms with Crippen LogP contribution in [0.4, 0.5) is 0 Å². The van der Waals surface area contributed by atoms with Gasteiger partial charge in [-0.25, -0.2) is 4.98 Å². The third kappa shape index (κ3) is 3.57. The minimum absolute atomic E-state index is 0.0407. The molecular formula is C22H26N4O2S. The Bertz CT molecular complexity index is 900. The number of rotatable bonds is 3. The molecule has 29 heavy (non-hydrogen) atoms. The van der Waals surface area contributed by atoms with E-state index >= 15 is 0 Å². The fourth-order valence-corrected chi connectivity index (χ4v) is 5.36. The molecule has 1 aromatic heterocycles. The second-order valence-corrected chi connectivity index (χ2v) is 9.07. The first-order valence-corrected chi connectivity index (χ1v) is 11.4. The average molecular weight is 411 g/mol. The van der Waals surface area contributed by atoms with Gasteiger partial charge in [0.05, 0.1) is 0 Å². The van der Waals surface area contributed by atoms with Crippen LogP contribution in [0.25, 0.3) is 0 Å². The molecule has 152 valence electrons. The quantitative estimate of drug-likeness (QED) is 0.779. The second-order valence-electron chi connectivity index (χ2n) is 8.18. The molecule has 0 atom stereocenters. The number of likely N-dealkylation sites (tertiary alicyclic amines) is 1. The molecule has 3 aliphatic rings. The first kappa shape index (κ1) is 18.8. The van der Waals surface area contributed by atoms with Crippen molar-refractivity contribution in [3.63, 3.8) is 0 Å². The van der Waals surface area contributed by atoms with Crippen LogP contribution in [0.3, 0.4) is 0 Å². The van der Waals surface area contributed by atoms with Gasteiger partial charge in [-0.15, -0.1) is 11.3 Å². The molecular weight excluding hydrogens is 384 g/mol. The Morgan fingerprint density at radius 3 is 2.52 bits per heavy atom. The van der Waals surface area contributed by atoms with E-state index < -0.39 is 0 Å². The van der Waals surface area contributed by atoms with Crippen molar-refractivity contribution in [3.8, 4) is 0 Å². The van der Waals surface area contributed by atoms with Crippen LogP contribution in [0.1, 0.15) is 44.1 Å². The molecule has 1 aromatic carbocycles. The van der Waals surface area contributed by atoms with Crippen molar-refractivity contribution in [2.24, 2.45) is 0 Å². The van der Waals surface area contributed by atoms with Gasteiger partial charge < -0.3 is 9.80 Å². The summed E-state index contributed by atoms with van der Waals surface area (Å²) in [6.07, 6.45) is 6.22. The summed E-state index contributed by atoms with van der Waals surface area (Å²) in [6.45, 7) is 4.78. The van der Waals surface area contributed by atoms with E-state index in [1.807, 2.05) is 27.3 Å². The average Bonchev–Trinajstić information content (AvgIpc) is 3.27. The standard InChI is InChI=1S/C22H26N4O2S/c27-21(19-7-3-5-16-4-1-2-6-18(16)19)26-14-17(15-26)24-9-11-25(12-10-24)22(28)20-23-8-13-29-20/h3,5,7-8,13,17H,1-2,4,6,9-12,14-15H2. The number of hydrogen-bond donors (Lipinski definition) is 0. The first-order valence-electron chi connectivity index (χ1n) is 10.5. The lowest BCUT2D eigenvalue weighted by atomic mass is 9.87. The van der Waals surface area contributed by atoms with E-state index in [-0.39, 0.29) is 11.8 Å². The largest absolute Gasteiger partial charge is 0.335 e. The Morgan fingerprint density at radius 1 is 0.966 bits per heavy atom. The molecule has 2 fully saturated rings. The fourth-order valence-electron chi connectivity index (χ4n) is 4.76. The summed E-state index contributed by atoms with van der Waals surface area (Å²) in [6, 6.07) is 6.63. The topological polar surface area (TPSA) is 56.8 Å². The lowest BCUT2D eigenvalue weighted by Gasteiger charge is -2.48. The van der Waals surface area contributed by atoms with Crippen molar-refractivity contribution in [2.75, 3.05) is 39.3 Å². The third-order valence-electron chi connectivity index (χ3n) is 6.51. The predicted octanol–water partition coefficient (Wildman–Crippen LogP) is 2.30. The predicted molar refractivity (Wildman–Crippen MR) is 112 cm³/mol. The molecule has 5 rings (SSSR count). The number of carbonyl (C=O) groups is 2. The molecule has 0 N–H and O–H groups in total. The van der Waals surface area contributed by atoms with E-state index in [9.17, 15) is 9.59 Å². The highest BCUT2D eigenvalue weighted by molar-refractivity contribution is 7.11. The van der Waals surface area contributed by atoms with Gasteiger partial charge in [0.25, 0.3) is 11.8 Å². The number of aromatic nitrogens is 1. The van der Waals surface area contributed by atoms with E-state index in [4.69, 9.17) is 0 Å². The molecule has 2 aromatic rings. The molecule has 1 aliphatic carbocycles. The minimum Gasteiger partial charge on any atom is -0.335 e. The maximum Gasteiger partial charge on any atom is 0.282 e. The molecule has 2 aliphatic heterocycles. The fraction of sp³-hybridized carbons (Fsp3) is 0.500. The monoisotopic (exact) mass is 410 g/mol. The number of benzene rings is 1. The highest BCUT2D eigenvalue weighted by Gasteiger charge is 2.37. The van der Waals surface area contributed by atoms with E-state index in [1.165, 1.54) is 35.3 Å². The van der Waals surface area contributed by atoms with Gasteiger partial charge in [-0.2, -0.15) is 0 Å². The number of nitrogens with zero attached hydrogens (tertiary/aromatic N) is 4. The summed E-state index contributed by atoms with van der Waals surface area (Å²) >= 11 is 1.40. The van der Waals surface area contributed by atoms with Gasteiger partial charge in [-0.1, -0.05) is 12.1 Å². The molecule has 0 saturated carbocycles. The number of carbonyl (C=O) groups excluding carboxylic acids is 2. The van der Waals surface area contributed by atoms with Crippen molar-refractivity contribution in [1.82, 2.24) is 19.7 Å². The van der Waals surface area contributed by atoms with Crippen molar-refractivity contribution in [3.05, 3.63) is 51.5 Å².